The molecule has 1 aliphatic carbocycles. The van der Waals surface area contributed by atoms with Crippen molar-refractivity contribution in [3.8, 4) is 0 Å². The molecule has 0 bridgehead atoms. The van der Waals surface area contributed by atoms with E-state index in [0.717, 1.165) is 43.9 Å². The van der Waals surface area contributed by atoms with Crippen molar-refractivity contribution in [2.45, 2.75) is 38.1 Å². The van der Waals surface area contributed by atoms with Crippen molar-refractivity contribution in [2.24, 2.45) is 4.99 Å². The number of aliphatic imine (C=N–C) groups is 1. The van der Waals surface area contributed by atoms with Crippen molar-refractivity contribution in [2.75, 3.05) is 20.1 Å². The summed E-state index contributed by atoms with van der Waals surface area (Å²) in [5, 5.41) is 3.48. The van der Waals surface area contributed by atoms with E-state index in [1.165, 1.54) is 6.07 Å². The maximum absolute atomic E-state index is 13.8. The van der Waals surface area contributed by atoms with E-state index in [2.05, 4.69) is 21.8 Å². The molecule has 1 fully saturated rings. The van der Waals surface area contributed by atoms with Gasteiger partial charge in [-0.25, -0.2) is 4.39 Å². The molecule has 1 aromatic rings. The molecule has 1 saturated carbocycles. The number of nitrogens with zero attached hydrogens (tertiary/aromatic N) is 2. The van der Waals surface area contributed by atoms with Crippen LogP contribution in [-0.4, -0.2) is 37.0 Å². The summed E-state index contributed by atoms with van der Waals surface area (Å²) < 4.78 is 13.8. The van der Waals surface area contributed by atoms with Crippen LogP contribution in [0, 0.1) is 5.82 Å². The van der Waals surface area contributed by atoms with Crippen LogP contribution in [0.5, 0.6) is 0 Å². The Kier molecular flexibility index (Phi) is 8.58. The van der Waals surface area contributed by atoms with Gasteiger partial charge in [0.25, 0.3) is 0 Å². The van der Waals surface area contributed by atoms with Gasteiger partial charge < -0.3 is 10.2 Å². The van der Waals surface area contributed by atoms with Crippen LogP contribution < -0.4 is 5.32 Å². The van der Waals surface area contributed by atoms with Crippen LogP contribution >= 0.6 is 24.0 Å². The summed E-state index contributed by atoms with van der Waals surface area (Å²) in [7, 11) is 2.05. The topological polar surface area (TPSA) is 27.6 Å². The van der Waals surface area contributed by atoms with E-state index in [1.54, 1.807) is 6.07 Å². The van der Waals surface area contributed by atoms with Crippen molar-refractivity contribution in [3.05, 3.63) is 48.3 Å². The van der Waals surface area contributed by atoms with E-state index in [0.29, 0.717) is 0 Å². The highest BCUT2D eigenvalue weighted by atomic mass is 127. The number of halogens is 2. The van der Waals surface area contributed by atoms with Crippen molar-refractivity contribution >= 4 is 29.9 Å². The number of unbranched alkanes of at least 4 members (excludes halogenated alkanes) is 1. The third kappa shape index (κ3) is 5.79. The first-order valence-electron chi connectivity index (χ1n) is 8.04. The molecule has 2 unspecified atom stereocenters. The summed E-state index contributed by atoms with van der Waals surface area (Å²) in [5.41, 5.74) is 0.810. The highest BCUT2D eigenvalue weighted by Gasteiger charge is 2.40. The van der Waals surface area contributed by atoms with E-state index in [4.69, 9.17) is 0 Å². The van der Waals surface area contributed by atoms with Gasteiger partial charge in [-0.2, -0.15) is 0 Å². The predicted octanol–water partition coefficient (Wildman–Crippen LogP) is 4.16. The first-order valence-corrected chi connectivity index (χ1v) is 8.04. The summed E-state index contributed by atoms with van der Waals surface area (Å²) in [6, 6.07) is 7.33. The first kappa shape index (κ1) is 19.9. The van der Waals surface area contributed by atoms with Crippen LogP contribution in [0.1, 0.15) is 37.7 Å². The van der Waals surface area contributed by atoms with E-state index in [1.807, 2.05) is 32.2 Å². The number of allylic oxidation sites excluding steroid dienone is 1. The maximum Gasteiger partial charge on any atom is 0.193 e. The van der Waals surface area contributed by atoms with Crippen LogP contribution in [0.2, 0.25) is 0 Å². The zero-order valence-electron chi connectivity index (χ0n) is 14.0. The fourth-order valence-corrected chi connectivity index (χ4v) is 2.64. The van der Waals surface area contributed by atoms with E-state index < -0.39 is 0 Å². The largest absolute Gasteiger partial charge is 0.353 e. The van der Waals surface area contributed by atoms with Crippen molar-refractivity contribution in [3.63, 3.8) is 0 Å². The molecule has 1 aromatic carbocycles. The number of hydrogen-bond donors (Lipinski definition) is 1. The second-order valence-electron chi connectivity index (χ2n) is 5.76. The second kappa shape index (κ2) is 9.90. The molecule has 0 aliphatic heterocycles. The SMILES string of the molecule is C=CCCCN(C)C(=NCC)NC1CC1c1ccccc1F.I. The summed E-state index contributed by atoms with van der Waals surface area (Å²) in [6.07, 6.45) is 4.97. The smallest absolute Gasteiger partial charge is 0.193 e. The molecule has 0 spiro atoms. The standard InChI is InChI=1S/C18H26FN3.HI/c1-4-6-9-12-22(3)18(20-5-2)21-17-13-15(17)14-10-7-8-11-16(14)19;/h4,7-8,10-11,15,17H,1,5-6,9,12-13H2,2-3H3,(H,20,21);1H. The quantitative estimate of drug-likeness (QED) is 0.231. The number of hydrogen-bond acceptors (Lipinski definition) is 1. The van der Waals surface area contributed by atoms with Gasteiger partial charge in [-0.15, -0.1) is 30.6 Å². The van der Waals surface area contributed by atoms with Gasteiger partial charge in [0.2, 0.25) is 0 Å². The third-order valence-electron chi connectivity index (χ3n) is 3.98. The zero-order valence-corrected chi connectivity index (χ0v) is 16.3. The minimum Gasteiger partial charge on any atom is -0.353 e. The molecule has 1 N–H and O–H groups in total. The molecule has 0 amide bonds. The van der Waals surface area contributed by atoms with Gasteiger partial charge in [0, 0.05) is 32.1 Å². The normalized spacial score (nSPS) is 19.7. The lowest BCUT2D eigenvalue weighted by atomic mass is 10.1. The molecule has 3 nitrogen and oxygen atoms in total. The summed E-state index contributed by atoms with van der Waals surface area (Å²) in [6.45, 7) is 7.46. The highest BCUT2D eigenvalue weighted by molar-refractivity contribution is 14.0. The first-order chi connectivity index (χ1) is 10.7. The average Bonchev–Trinajstić information content (AvgIpc) is 3.26. The van der Waals surface area contributed by atoms with E-state index in [9.17, 15) is 4.39 Å². The predicted molar refractivity (Wildman–Crippen MR) is 106 cm³/mol. The molecule has 0 aromatic heterocycles. The molecule has 2 atom stereocenters. The zero-order chi connectivity index (χ0) is 15.9. The van der Waals surface area contributed by atoms with Crippen LogP contribution in [0.15, 0.2) is 41.9 Å². The third-order valence-corrected chi connectivity index (χ3v) is 3.98. The Morgan fingerprint density at radius 3 is 2.87 bits per heavy atom. The van der Waals surface area contributed by atoms with Crippen molar-refractivity contribution < 1.29 is 4.39 Å². The summed E-state index contributed by atoms with van der Waals surface area (Å²) in [5.74, 6) is 1.06. The summed E-state index contributed by atoms with van der Waals surface area (Å²) >= 11 is 0. The molecule has 2 rings (SSSR count). The lowest BCUT2D eigenvalue weighted by molar-refractivity contribution is 0.467. The monoisotopic (exact) mass is 431 g/mol. The van der Waals surface area contributed by atoms with Gasteiger partial charge in [-0.1, -0.05) is 24.3 Å². The van der Waals surface area contributed by atoms with Gasteiger partial charge in [0.05, 0.1) is 0 Å². The molecular weight excluding hydrogens is 404 g/mol. The van der Waals surface area contributed by atoms with Gasteiger partial charge in [0.1, 0.15) is 5.82 Å². The summed E-state index contributed by atoms with van der Waals surface area (Å²) in [4.78, 5) is 6.69. The minimum atomic E-state index is -0.106. The van der Waals surface area contributed by atoms with Gasteiger partial charge in [0.15, 0.2) is 5.96 Å². The molecule has 0 radical (unpaired) electrons. The Morgan fingerprint density at radius 1 is 1.48 bits per heavy atom. The molecule has 5 heteroatoms. The maximum atomic E-state index is 13.8. The number of rotatable bonds is 7. The van der Waals surface area contributed by atoms with Crippen LogP contribution in [0.4, 0.5) is 4.39 Å². The van der Waals surface area contributed by atoms with Gasteiger partial charge >= 0.3 is 0 Å². The highest BCUT2D eigenvalue weighted by Crippen LogP contribution is 2.41. The van der Waals surface area contributed by atoms with Crippen LogP contribution in [0.3, 0.4) is 0 Å². The molecule has 23 heavy (non-hydrogen) atoms. The molecule has 128 valence electrons. The Morgan fingerprint density at radius 2 is 2.22 bits per heavy atom. The lowest BCUT2D eigenvalue weighted by Crippen LogP contribution is -2.41. The Labute approximate surface area is 156 Å². The van der Waals surface area contributed by atoms with E-state index in [-0.39, 0.29) is 41.8 Å². The fourth-order valence-electron chi connectivity index (χ4n) is 2.64. The lowest BCUT2D eigenvalue weighted by Gasteiger charge is -2.22. The molecule has 1 aliphatic rings. The average molecular weight is 431 g/mol. The number of guanidine groups is 1. The van der Waals surface area contributed by atoms with Crippen molar-refractivity contribution in [1.29, 1.82) is 0 Å². The van der Waals surface area contributed by atoms with Gasteiger partial charge in [-0.3, -0.25) is 4.99 Å². The van der Waals surface area contributed by atoms with Crippen molar-refractivity contribution in [1.82, 2.24) is 10.2 Å². The fraction of sp³-hybridized carbons (Fsp3) is 0.500. The Balaban J connectivity index is 0.00000264. The molecule has 0 heterocycles. The number of benzene rings is 1. The minimum absolute atomic E-state index is 0. The Bertz CT molecular complexity index is 533. The van der Waals surface area contributed by atoms with Crippen LogP contribution in [0.25, 0.3) is 0 Å². The van der Waals surface area contributed by atoms with Crippen LogP contribution in [-0.2, 0) is 0 Å². The molecule has 0 saturated heterocycles. The number of nitrogens with one attached hydrogen (secondary N) is 1. The molecular formula is C18H27FIN3. The van der Waals surface area contributed by atoms with Gasteiger partial charge in [-0.05, 0) is 37.8 Å². The Hall–Kier alpha value is -1.11. The van der Waals surface area contributed by atoms with E-state index >= 15 is 0 Å². The second-order valence-corrected chi connectivity index (χ2v) is 5.76.